The van der Waals surface area contributed by atoms with E-state index in [1.54, 1.807) is 0 Å². The van der Waals surface area contributed by atoms with Crippen LogP contribution in [0.15, 0.2) is 0 Å². The maximum absolute atomic E-state index is 2.32. The van der Waals surface area contributed by atoms with E-state index >= 15 is 0 Å². The molecule has 0 spiro atoms. The minimum Gasteiger partial charge on any atom is -0.0654 e. The molecule has 20 heavy (non-hydrogen) atoms. The normalized spacial score (nSPS) is 11.4. The minimum atomic E-state index is 1.35. The fraction of sp³-hybridized carbons (Fsp3) is 0.950. The smallest absolute Gasteiger partial charge is 0.0241 e. The Kier molecular flexibility index (Phi) is 17.1. The molecule has 0 aliphatic rings. The second-order valence-electron chi connectivity index (χ2n) is 6.54. The predicted molar refractivity (Wildman–Crippen MR) is 94.1 cm³/mol. The first-order valence-corrected chi connectivity index (χ1v) is 9.68. The topological polar surface area (TPSA) is 0 Å². The van der Waals surface area contributed by atoms with E-state index in [0.717, 1.165) is 0 Å². The summed E-state index contributed by atoms with van der Waals surface area (Å²) in [5.41, 5.74) is 0. The van der Waals surface area contributed by atoms with Gasteiger partial charge in [0.05, 0.1) is 0 Å². The lowest BCUT2D eigenvalue weighted by molar-refractivity contribution is 0.530. The van der Waals surface area contributed by atoms with Crippen LogP contribution in [-0.2, 0) is 0 Å². The van der Waals surface area contributed by atoms with Crippen LogP contribution in [0.5, 0.6) is 0 Å². The third-order valence-electron chi connectivity index (χ3n) is 4.40. The molecule has 0 aromatic heterocycles. The molecule has 0 atom stereocenters. The van der Waals surface area contributed by atoms with Gasteiger partial charge in [-0.1, -0.05) is 104 Å². The standard InChI is InChI=1S/C20H41/c1-4-7-10-11-12-13-14-15-16-19-20(17-8-5-2)18-9-6-3/h4-19H2,1-3H3. The molecule has 0 heteroatoms. The van der Waals surface area contributed by atoms with Gasteiger partial charge in [0.25, 0.3) is 0 Å². The Labute approximate surface area is 130 Å². The first-order valence-electron chi connectivity index (χ1n) is 9.68. The van der Waals surface area contributed by atoms with Crippen molar-refractivity contribution in [1.29, 1.82) is 0 Å². The maximum atomic E-state index is 2.32. The molecule has 0 aliphatic heterocycles. The van der Waals surface area contributed by atoms with Crippen LogP contribution in [0.25, 0.3) is 0 Å². The van der Waals surface area contributed by atoms with Crippen LogP contribution >= 0.6 is 0 Å². The second kappa shape index (κ2) is 17.1. The summed E-state index contributed by atoms with van der Waals surface area (Å²) in [6.45, 7) is 6.93. The monoisotopic (exact) mass is 281 g/mol. The fourth-order valence-electron chi connectivity index (χ4n) is 2.91. The molecule has 0 nitrogen and oxygen atoms in total. The fourth-order valence-corrected chi connectivity index (χ4v) is 2.91. The summed E-state index contributed by atoms with van der Waals surface area (Å²) in [5.74, 6) is 1.87. The average Bonchev–Trinajstić information content (AvgIpc) is 2.47. The van der Waals surface area contributed by atoms with Gasteiger partial charge < -0.3 is 0 Å². The van der Waals surface area contributed by atoms with Gasteiger partial charge in [0, 0.05) is 0 Å². The highest BCUT2D eigenvalue weighted by Crippen LogP contribution is 2.25. The van der Waals surface area contributed by atoms with Crippen molar-refractivity contribution in [3.63, 3.8) is 0 Å². The van der Waals surface area contributed by atoms with Crippen LogP contribution in [0.2, 0.25) is 0 Å². The van der Waals surface area contributed by atoms with Gasteiger partial charge in [-0.25, -0.2) is 0 Å². The molecule has 0 saturated heterocycles. The number of hydrogen-bond acceptors (Lipinski definition) is 0. The first kappa shape index (κ1) is 20.0. The third-order valence-corrected chi connectivity index (χ3v) is 4.40. The summed E-state index contributed by atoms with van der Waals surface area (Å²) in [6, 6.07) is 0. The summed E-state index contributed by atoms with van der Waals surface area (Å²) in [7, 11) is 0. The van der Waals surface area contributed by atoms with Gasteiger partial charge in [-0.05, 0) is 25.2 Å². The van der Waals surface area contributed by atoms with Crippen molar-refractivity contribution >= 4 is 0 Å². The van der Waals surface area contributed by atoms with Crippen molar-refractivity contribution in [3.8, 4) is 0 Å². The third kappa shape index (κ3) is 14.4. The zero-order chi connectivity index (χ0) is 14.9. The summed E-state index contributed by atoms with van der Waals surface area (Å²) < 4.78 is 0. The average molecular weight is 282 g/mol. The van der Waals surface area contributed by atoms with Crippen molar-refractivity contribution in [2.75, 3.05) is 0 Å². The van der Waals surface area contributed by atoms with E-state index < -0.39 is 0 Å². The molecule has 0 unspecified atom stereocenters. The molecule has 0 rings (SSSR count). The molecular weight excluding hydrogens is 240 g/mol. The van der Waals surface area contributed by atoms with E-state index in [-0.39, 0.29) is 0 Å². The van der Waals surface area contributed by atoms with Crippen LogP contribution in [0, 0.1) is 5.92 Å². The Morgan fingerprint density at radius 2 is 0.750 bits per heavy atom. The zero-order valence-electron chi connectivity index (χ0n) is 14.8. The largest absolute Gasteiger partial charge is 0.0654 e. The minimum absolute atomic E-state index is 1.35. The second-order valence-corrected chi connectivity index (χ2v) is 6.54. The Morgan fingerprint density at radius 1 is 0.400 bits per heavy atom. The van der Waals surface area contributed by atoms with Crippen LogP contribution in [-0.4, -0.2) is 0 Å². The Bertz CT molecular complexity index is 153. The zero-order valence-corrected chi connectivity index (χ0v) is 14.8. The predicted octanol–water partition coefficient (Wildman–Crippen LogP) is 7.86. The van der Waals surface area contributed by atoms with Crippen molar-refractivity contribution in [3.05, 3.63) is 5.92 Å². The summed E-state index contributed by atoms with van der Waals surface area (Å²) in [5, 5.41) is 0. The molecule has 1 radical (unpaired) electrons. The summed E-state index contributed by atoms with van der Waals surface area (Å²) >= 11 is 0. The summed E-state index contributed by atoms with van der Waals surface area (Å²) in [6.07, 6.45) is 22.9. The molecule has 0 aromatic carbocycles. The molecule has 0 aliphatic carbocycles. The molecule has 0 N–H and O–H groups in total. The quantitative estimate of drug-likeness (QED) is 0.252. The van der Waals surface area contributed by atoms with E-state index in [2.05, 4.69) is 20.8 Å². The molecule has 121 valence electrons. The van der Waals surface area contributed by atoms with Gasteiger partial charge in [-0.2, -0.15) is 0 Å². The number of unbranched alkanes of at least 4 members (excludes halogenated alkanes) is 10. The van der Waals surface area contributed by atoms with Gasteiger partial charge in [0.15, 0.2) is 0 Å². The van der Waals surface area contributed by atoms with Gasteiger partial charge >= 0.3 is 0 Å². The Morgan fingerprint density at radius 3 is 1.20 bits per heavy atom. The lowest BCUT2D eigenvalue weighted by atomic mass is 9.90. The molecule has 0 heterocycles. The highest BCUT2D eigenvalue weighted by Gasteiger charge is 2.07. The number of rotatable bonds is 16. The Balaban J connectivity index is 3.38. The van der Waals surface area contributed by atoms with Crippen molar-refractivity contribution in [2.45, 2.75) is 124 Å². The molecular formula is C20H41. The maximum Gasteiger partial charge on any atom is -0.0241 e. The van der Waals surface area contributed by atoms with Crippen LogP contribution in [0.1, 0.15) is 124 Å². The van der Waals surface area contributed by atoms with Crippen LogP contribution in [0.3, 0.4) is 0 Å². The van der Waals surface area contributed by atoms with Gasteiger partial charge in [0.1, 0.15) is 0 Å². The van der Waals surface area contributed by atoms with Crippen molar-refractivity contribution in [1.82, 2.24) is 0 Å². The van der Waals surface area contributed by atoms with Crippen molar-refractivity contribution in [2.24, 2.45) is 0 Å². The highest BCUT2D eigenvalue weighted by atomic mass is 14.1. The van der Waals surface area contributed by atoms with Gasteiger partial charge in [-0.15, -0.1) is 0 Å². The van der Waals surface area contributed by atoms with Gasteiger partial charge in [0.2, 0.25) is 0 Å². The van der Waals surface area contributed by atoms with Crippen LogP contribution < -0.4 is 0 Å². The highest BCUT2D eigenvalue weighted by molar-refractivity contribution is 4.88. The first-order chi connectivity index (χ1) is 9.85. The molecule has 0 bridgehead atoms. The SMILES string of the molecule is CCCCCCCCCCC[C](CCCC)CCCC. The van der Waals surface area contributed by atoms with E-state index in [1.807, 2.05) is 5.92 Å². The lowest BCUT2D eigenvalue weighted by Gasteiger charge is -2.15. The molecule has 0 aromatic rings. The van der Waals surface area contributed by atoms with E-state index in [1.165, 1.54) is 103 Å². The molecule has 0 saturated carbocycles. The van der Waals surface area contributed by atoms with E-state index in [4.69, 9.17) is 0 Å². The van der Waals surface area contributed by atoms with Crippen molar-refractivity contribution < 1.29 is 0 Å². The summed E-state index contributed by atoms with van der Waals surface area (Å²) in [4.78, 5) is 0. The number of hydrogen-bond donors (Lipinski definition) is 0. The lowest BCUT2D eigenvalue weighted by Crippen LogP contribution is -1.98. The van der Waals surface area contributed by atoms with E-state index in [0.29, 0.717) is 0 Å². The Hall–Kier alpha value is 0. The molecule has 0 fully saturated rings. The molecule has 0 amide bonds. The van der Waals surface area contributed by atoms with Crippen LogP contribution in [0.4, 0.5) is 0 Å². The van der Waals surface area contributed by atoms with E-state index in [9.17, 15) is 0 Å². The van der Waals surface area contributed by atoms with Gasteiger partial charge in [-0.3, -0.25) is 0 Å².